The Bertz CT molecular complexity index is 366. The zero-order valence-electron chi connectivity index (χ0n) is 10.2. The van der Waals surface area contributed by atoms with E-state index in [0.29, 0.717) is 5.92 Å². The van der Waals surface area contributed by atoms with E-state index in [-0.39, 0.29) is 5.91 Å². The van der Waals surface area contributed by atoms with Crippen molar-refractivity contribution in [1.29, 1.82) is 0 Å². The van der Waals surface area contributed by atoms with Gasteiger partial charge in [-0.05, 0) is 24.0 Å². The molecule has 1 N–H and O–H groups in total. The van der Waals surface area contributed by atoms with E-state index in [1.54, 1.807) is 6.08 Å². The quantitative estimate of drug-likeness (QED) is 0.772. The maximum absolute atomic E-state index is 11.5. The summed E-state index contributed by atoms with van der Waals surface area (Å²) in [5, 5.41) is 2.87. The molecule has 1 rings (SSSR count). The van der Waals surface area contributed by atoms with E-state index in [1.807, 2.05) is 37.3 Å². The molecule has 0 saturated heterocycles. The first-order chi connectivity index (χ1) is 7.59. The van der Waals surface area contributed by atoms with Crippen molar-refractivity contribution in [2.75, 3.05) is 6.54 Å². The van der Waals surface area contributed by atoms with E-state index in [1.165, 1.54) is 0 Å². The molecule has 0 aromatic heterocycles. The molecule has 0 aliphatic carbocycles. The van der Waals surface area contributed by atoms with Crippen LogP contribution in [0.25, 0.3) is 5.57 Å². The molecule has 0 atom stereocenters. The second-order valence-electron chi connectivity index (χ2n) is 4.33. The molecular formula is C14H19NO. The van der Waals surface area contributed by atoms with Gasteiger partial charge in [0, 0.05) is 12.6 Å². The molecule has 2 nitrogen and oxygen atoms in total. The number of rotatable bonds is 4. The highest BCUT2D eigenvalue weighted by molar-refractivity contribution is 5.94. The number of carbonyl (C=O) groups excluding carboxylic acids is 1. The molecule has 16 heavy (non-hydrogen) atoms. The SMILES string of the molecule is C/C(=C\C(=O)NCC(C)C)c1ccccc1. The van der Waals surface area contributed by atoms with Crippen LogP contribution >= 0.6 is 0 Å². The largest absolute Gasteiger partial charge is 0.352 e. The Hall–Kier alpha value is -1.57. The van der Waals surface area contributed by atoms with Crippen LogP contribution < -0.4 is 5.32 Å². The Balaban J connectivity index is 2.60. The smallest absolute Gasteiger partial charge is 0.244 e. The molecule has 0 spiro atoms. The number of hydrogen-bond acceptors (Lipinski definition) is 1. The molecule has 0 saturated carbocycles. The van der Waals surface area contributed by atoms with Gasteiger partial charge in [0.15, 0.2) is 0 Å². The minimum Gasteiger partial charge on any atom is -0.352 e. The number of hydrogen-bond donors (Lipinski definition) is 1. The fourth-order valence-corrected chi connectivity index (χ4v) is 1.34. The predicted molar refractivity (Wildman–Crippen MR) is 67.9 cm³/mol. The number of benzene rings is 1. The summed E-state index contributed by atoms with van der Waals surface area (Å²) in [5.41, 5.74) is 2.07. The summed E-state index contributed by atoms with van der Waals surface area (Å²) in [5.74, 6) is 0.462. The Morgan fingerprint density at radius 2 is 1.94 bits per heavy atom. The lowest BCUT2D eigenvalue weighted by Crippen LogP contribution is -2.25. The minimum atomic E-state index is -0.0185. The third-order valence-corrected chi connectivity index (χ3v) is 2.26. The molecule has 1 amide bonds. The molecule has 0 heterocycles. The molecule has 1 aromatic carbocycles. The van der Waals surface area contributed by atoms with Crippen molar-refractivity contribution < 1.29 is 4.79 Å². The second-order valence-corrected chi connectivity index (χ2v) is 4.33. The van der Waals surface area contributed by atoms with E-state index in [0.717, 1.165) is 17.7 Å². The zero-order chi connectivity index (χ0) is 12.0. The zero-order valence-corrected chi connectivity index (χ0v) is 10.2. The number of nitrogens with one attached hydrogen (secondary N) is 1. The number of amides is 1. The van der Waals surface area contributed by atoms with Crippen LogP contribution in [0.1, 0.15) is 26.3 Å². The van der Waals surface area contributed by atoms with Crippen LogP contribution in [0.5, 0.6) is 0 Å². The average Bonchev–Trinajstić information content (AvgIpc) is 2.27. The van der Waals surface area contributed by atoms with Crippen LogP contribution in [-0.4, -0.2) is 12.5 Å². The van der Waals surface area contributed by atoms with Crippen molar-refractivity contribution in [3.8, 4) is 0 Å². The molecular weight excluding hydrogens is 198 g/mol. The van der Waals surface area contributed by atoms with Crippen molar-refractivity contribution in [2.45, 2.75) is 20.8 Å². The van der Waals surface area contributed by atoms with E-state index in [2.05, 4.69) is 19.2 Å². The van der Waals surface area contributed by atoms with Gasteiger partial charge in [0.25, 0.3) is 0 Å². The van der Waals surface area contributed by atoms with Crippen molar-refractivity contribution >= 4 is 11.5 Å². The number of carbonyl (C=O) groups is 1. The van der Waals surface area contributed by atoms with Crippen LogP contribution in [-0.2, 0) is 4.79 Å². The summed E-state index contributed by atoms with van der Waals surface area (Å²) in [6, 6.07) is 9.91. The van der Waals surface area contributed by atoms with Gasteiger partial charge in [-0.25, -0.2) is 0 Å². The van der Waals surface area contributed by atoms with Gasteiger partial charge in [0.2, 0.25) is 5.91 Å². The highest BCUT2D eigenvalue weighted by atomic mass is 16.1. The van der Waals surface area contributed by atoms with Crippen LogP contribution in [0.15, 0.2) is 36.4 Å². The van der Waals surface area contributed by atoms with Crippen molar-refractivity contribution in [3.63, 3.8) is 0 Å². The Morgan fingerprint density at radius 1 is 1.31 bits per heavy atom. The van der Waals surface area contributed by atoms with Crippen LogP contribution in [0.2, 0.25) is 0 Å². The van der Waals surface area contributed by atoms with Gasteiger partial charge < -0.3 is 5.32 Å². The monoisotopic (exact) mass is 217 g/mol. The third-order valence-electron chi connectivity index (χ3n) is 2.26. The summed E-state index contributed by atoms with van der Waals surface area (Å²) in [6.45, 7) is 6.82. The standard InChI is InChI=1S/C14H19NO/c1-11(2)10-15-14(16)9-12(3)13-7-5-4-6-8-13/h4-9,11H,10H2,1-3H3,(H,15,16)/b12-9+. The van der Waals surface area contributed by atoms with Gasteiger partial charge >= 0.3 is 0 Å². The fourth-order valence-electron chi connectivity index (χ4n) is 1.34. The Morgan fingerprint density at radius 3 is 2.50 bits per heavy atom. The van der Waals surface area contributed by atoms with E-state index < -0.39 is 0 Å². The third kappa shape index (κ3) is 4.30. The molecule has 0 unspecified atom stereocenters. The van der Waals surface area contributed by atoms with Gasteiger partial charge in [0.1, 0.15) is 0 Å². The molecule has 0 aliphatic heterocycles. The lowest BCUT2D eigenvalue weighted by atomic mass is 10.1. The summed E-state index contributed by atoms with van der Waals surface area (Å²) in [7, 11) is 0. The van der Waals surface area contributed by atoms with Gasteiger partial charge in [0.05, 0.1) is 0 Å². The molecule has 0 bridgehead atoms. The lowest BCUT2D eigenvalue weighted by Gasteiger charge is -2.06. The van der Waals surface area contributed by atoms with Crippen molar-refractivity contribution in [2.24, 2.45) is 5.92 Å². The van der Waals surface area contributed by atoms with Gasteiger partial charge in [-0.2, -0.15) is 0 Å². The van der Waals surface area contributed by atoms with E-state index >= 15 is 0 Å². The summed E-state index contributed by atoms with van der Waals surface area (Å²) in [6.07, 6.45) is 1.65. The van der Waals surface area contributed by atoms with E-state index in [4.69, 9.17) is 0 Å². The van der Waals surface area contributed by atoms with Crippen LogP contribution in [0.4, 0.5) is 0 Å². The Kier molecular flexibility index (Phi) is 4.77. The topological polar surface area (TPSA) is 29.1 Å². The molecule has 2 heteroatoms. The van der Waals surface area contributed by atoms with Crippen molar-refractivity contribution in [3.05, 3.63) is 42.0 Å². The van der Waals surface area contributed by atoms with Gasteiger partial charge in [-0.15, -0.1) is 0 Å². The first-order valence-corrected chi connectivity index (χ1v) is 5.61. The van der Waals surface area contributed by atoms with Gasteiger partial charge in [-0.1, -0.05) is 44.2 Å². The minimum absolute atomic E-state index is 0.0185. The molecule has 0 radical (unpaired) electrons. The normalized spacial score (nSPS) is 11.6. The molecule has 0 fully saturated rings. The van der Waals surface area contributed by atoms with Gasteiger partial charge in [-0.3, -0.25) is 4.79 Å². The summed E-state index contributed by atoms with van der Waals surface area (Å²) in [4.78, 5) is 11.5. The van der Waals surface area contributed by atoms with Crippen molar-refractivity contribution in [1.82, 2.24) is 5.32 Å². The number of allylic oxidation sites excluding steroid dienone is 1. The molecule has 0 aliphatic rings. The fraction of sp³-hybridized carbons (Fsp3) is 0.357. The van der Waals surface area contributed by atoms with Crippen LogP contribution in [0, 0.1) is 5.92 Å². The molecule has 1 aromatic rings. The summed E-state index contributed by atoms with van der Waals surface area (Å²) >= 11 is 0. The van der Waals surface area contributed by atoms with E-state index in [9.17, 15) is 4.79 Å². The predicted octanol–water partition coefficient (Wildman–Crippen LogP) is 2.86. The maximum Gasteiger partial charge on any atom is 0.244 e. The Labute approximate surface area is 97.4 Å². The first kappa shape index (κ1) is 12.5. The maximum atomic E-state index is 11.5. The highest BCUT2D eigenvalue weighted by Gasteiger charge is 2.00. The first-order valence-electron chi connectivity index (χ1n) is 5.61. The average molecular weight is 217 g/mol. The van der Waals surface area contributed by atoms with Crippen LogP contribution in [0.3, 0.4) is 0 Å². The second kappa shape index (κ2) is 6.11. The molecule has 86 valence electrons. The summed E-state index contributed by atoms with van der Waals surface area (Å²) < 4.78 is 0. The highest BCUT2D eigenvalue weighted by Crippen LogP contribution is 2.11. The lowest BCUT2D eigenvalue weighted by molar-refractivity contribution is -0.116.